The summed E-state index contributed by atoms with van der Waals surface area (Å²) in [6, 6.07) is 0. The Kier molecular flexibility index (Phi) is 11.9. The third kappa shape index (κ3) is 10.9. The molecule has 0 aromatic carbocycles. The van der Waals surface area contributed by atoms with Crippen LogP contribution in [0.25, 0.3) is 0 Å². The molecule has 0 unspecified atom stereocenters. The largest absolute Gasteiger partial charge is 0.252 e. The first-order valence-electron chi connectivity index (χ1n) is 11.7. The molecule has 1 aliphatic carbocycles. The van der Waals surface area contributed by atoms with Crippen molar-refractivity contribution in [2.24, 2.45) is 0 Å². The van der Waals surface area contributed by atoms with E-state index in [1.165, 1.54) is 38.5 Å². The second kappa shape index (κ2) is 13.0. The summed E-state index contributed by atoms with van der Waals surface area (Å²) in [5.74, 6) is -0.991. The highest BCUT2D eigenvalue weighted by molar-refractivity contribution is 4.96. The van der Waals surface area contributed by atoms with Gasteiger partial charge in [-0.25, -0.2) is 9.78 Å². The molecule has 0 aromatic heterocycles. The van der Waals surface area contributed by atoms with Crippen LogP contribution in [-0.2, 0) is 19.6 Å². The molecule has 0 saturated carbocycles. The van der Waals surface area contributed by atoms with Crippen molar-refractivity contribution in [2.45, 2.75) is 142 Å². The normalized spacial score (nSPS) is 20.9. The Morgan fingerprint density at radius 1 is 0.714 bits per heavy atom. The van der Waals surface area contributed by atoms with Crippen LogP contribution in [0.2, 0.25) is 0 Å². The molecule has 0 aliphatic heterocycles. The summed E-state index contributed by atoms with van der Waals surface area (Å²) >= 11 is 0. The summed E-state index contributed by atoms with van der Waals surface area (Å²) in [6.45, 7) is 12.6. The molecule has 0 fully saturated rings. The highest BCUT2D eigenvalue weighted by atomic mass is 17.3. The van der Waals surface area contributed by atoms with E-state index in [4.69, 9.17) is 19.6 Å². The first kappa shape index (κ1) is 25.6. The first-order valence-corrected chi connectivity index (χ1v) is 11.7. The molecule has 0 bridgehead atoms. The van der Waals surface area contributed by atoms with Gasteiger partial charge in [0.2, 0.25) is 0 Å². The summed E-state index contributed by atoms with van der Waals surface area (Å²) in [7, 11) is 0. The third-order valence-electron chi connectivity index (χ3n) is 5.29. The number of hydrogen-bond donors (Lipinski definition) is 0. The molecule has 0 amide bonds. The summed E-state index contributed by atoms with van der Waals surface area (Å²) in [5.41, 5.74) is -0.719. The minimum Gasteiger partial charge on any atom is -0.227 e. The van der Waals surface area contributed by atoms with Gasteiger partial charge in [-0.1, -0.05) is 64.9 Å². The lowest BCUT2D eigenvalue weighted by Crippen LogP contribution is -2.41. The molecule has 1 rings (SSSR count). The Bertz CT molecular complexity index is 406. The molecule has 0 N–H and O–H groups in total. The summed E-state index contributed by atoms with van der Waals surface area (Å²) in [4.78, 5) is 23.9. The molecule has 4 nitrogen and oxygen atoms in total. The molecule has 28 heavy (non-hydrogen) atoms. The van der Waals surface area contributed by atoms with Crippen LogP contribution < -0.4 is 0 Å². The lowest BCUT2D eigenvalue weighted by atomic mass is 10.0. The molecule has 0 heterocycles. The van der Waals surface area contributed by atoms with Gasteiger partial charge in [0.25, 0.3) is 5.79 Å². The number of hydrogen-bond acceptors (Lipinski definition) is 4. The van der Waals surface area contributed by atoms with E-state index in [0.717, 1.165) is 44.9 Å². The zero-order valence-corrected chi connectivity index (χ0v) is 19.5. The van der Waals surface area contributed by atoms with Crippen molar-refractivity contribution < 1.29 is 19.6 Å². The van der Waals surface area contributed by atoms with Crippen molar-refractivity contribution in [3.05, 3.63) is 12.2 Å². The van der Waals surface area contributed by atoms with E-state index in [1.807, 2.05) is 6.08 Å². The molecular formula is C24H46O4. The summed E-state index contributed by atoms with van der Waals surface area (Å²) in [5, 5.41) is 0. The van der Waals surface area contributed by atoms with Crippen LogP contribution in [0.1, 0.15) is 125 Å². The van der Waals surface area contributed by atoms with Crippen LogP contribution in [0.3, 0.4) is 0 Å². The smallest absolute Gasteiger partial charge is 0.227 e. The summed E-state index contributed by atoms with van der Waals surface area (Å²) in [6.07, 6.45) is 18.5. The zero-order chi connectivity index (χ0) is 20.9. The van der Waals surface area contributed by atoms with E-state index in [-0.39, 0.29) is 11.2 Å². The average molecular weight is 399 g/mol. The van der Waals surface area contributed by atoms with Crippen molar-refractivity contribution in [3.8, 4) is 0 Å². The van der Waals surface area contributed by atoms with Crippen molar-refractivity contribution in [3.63, 3.8) is 0 Å². The van der Waals surface area contributed by atoms with Gasteiger partial charge in [-0.3, -0.25) is 0 Å². The van der Waals surface area contributed by atoms with Crippen LogP contribution in [0.5, 0.6) is 0 Å². The Morgan fingerprint density at radius 2 is 1.18 bits per heavy atom. The first-order chi connectivity index (χ1) is 13.2. The van der Waals surface area contributed by atoms with Gasteiger partial charge in [0.15, 0.2) is 0 Å². The quantitative estimate of drug-likeness (QED) is 0.163. The maximum Gasteiger partial charge on any atom is 0.252 e. The fraction of sp³-hybridized carbons (Fsp3) is 0.917. The Hall–Kier alpha value is -0.420. The van der Waals surface area contributed by atoms with E-state index in [9.17, 15) is 0 Å². The molecule has 166 valence electrons. The maximum absolute atomic E-state index is 6.03. The molecule has 0 radical (unpaired) electrons. The predicted molar refractivity (Wildman–Crippen MR) is 116 cm³/mol. The highest BCUT2D eigenvalue weighted by Crippen LogP contribution is 2.31. The minimum atomic E-state index is -0.991. The van der Waals surface area contributed by atoms with Gasteiger partial charge < -0.3 is 0 Å². The number of allylic oxidation sites excluding steroid dienone is 1. The fourth-order valence-corrected chi connectivity index (χ4v) is 3.67. The van der Waals surface area contributed by atoms with Crippen molar-refractivity contribution >= 4 is 0 Å². The molecule has 0 aromatic rings. The van der Waals surface area contributed by atoms with Crippen LogP contribution in [-0.4, -0.2) is 17.0 Å². The van der Waals surface area contributed by atoms with E-state index in [2.05, 4.69) is 47.6 Å². The van der Waals surface area contributed by atoms with Crippen molar-refractivity contribution in [1.82, 2.24) is 0 Å². The second-order valence-electron chi connectivity index (χ2n) is 9.58. The van der Waals surface area contributed by atoms with Crippen molar-refractivity contribution in [1.29, 1.82) is 0 Å². The van der Waals surface area contributed by atoms with E-state index in [1.54, 1.807) is 0 Å². The van der Waals surface area contributed by atoms with E-state index in [0.29, 0.717) is 0 Å². The minimum absolute atomic E-state index is 0.360. The van der Waals surface area contributed by atoms with Crippen LogP contribution in [0.4, 0.5) is 0 Å². The number of rotatable bonds is 10. The van der Waals surface area contributed by atoms with Crippen molar-refractivity contribution in [2.75, 3.05) is 0 Å². The Labute approximate surface area is 174 Å². The standard InChI is InChI=1S/C24H46O4/c1-7-18-22(3,4)25-27-24(28-26-23(5,6)19-8-2)20-16-14-12-10-9-11-13-15-17-21-24/h16,20H,7-15,17-19,21H2,1-6H3/b20-16-. The Balaban J connectivity index is 2.93. The van der Waals surface area contributed by atoms with Gasteiger partial charge in [-0.2, -0.15) is 9.78 Å². The van der Waals surface area contributed by atoms with Gasteiger partial charge in [0, 0.05) is 6.42 Å². The van der Waals surface area contributed by atoms with Gasteiger partial charge in [0.1, 0.15) is 0 Å². The zero-order valence-electron chi connectivity index (χ0n) is 19.5. The highest BCUT2D eigenvalue weighted by Gasteiger charge is 2.37. The molecule has 1 aliphatic rings. The van der Waals surface area contributed by atoms with Gasteiger partial charge in [-0.15, -0.1) is 0 Å². The molecule has 0 atom stereocenters. The topological polar surface area (TPSA) is 36.9 Å². The van der Waals surface area contributed by atoms with Gasteiger partial charge in [-0.05, 0) is 65.9 Å². The lowest BCUT2D eigenvalue weighted by molar-refractivity contribution is -0.531. The third-order valence-corrected chi connectivity index (χ3v) is 5.29. The summed E-state index contributed by atoms with van der Waals surface area (Å²) < 4.78 is 0. The van der Waals surface area contributed by atoms with Crippen LogP contribution in [0, 0.1) is 0 Å². The second-order valence-corrected chi connectivity index (χ2v) is 9.58. The Morgan fingerprint density at radius 3 is 1.68 bits per heavy atom. The fourth-order valence-electron chi connectivity index (χ4n) is 3.67. The van der Waals surface area contributed by atoms with Gasteiger partial charge in [0.05, 0.1) is 11.2 Å². The molecule has 0 spiro atoms. The monoisotopic (exact) mass is 398 g/mol. The van der Waals surface area contributed by atoms with Gasteiger partial charge >= 0.3 is 0 Å². The van der Waals surface area contributed by atoms with Crippen LogP contribution in [0.15, 0.2) is 12.2 Å². The molecule has 0 saturated heterocycles. The molecule has 4 heteroatoms. The average Bonchev–Trinajstić information content (AvgIpc) is 2.61. The maximum atomic E-state index is 6.03. The molecular weight excluding hydrogens is 352 g/mol. The SMILES string of the molecule is CCCC(C)(C)OOC1(OOC(C)(C)CCC)/C=C\CCCCCCCCC1. The lowest BCUT2D eigenvalue weighted by Gasteiger charge is -2.35. The van der Waals surface area contributed by atoms with E-state index < -0.39 is 5.79 Å². The van der Waals surface area contributed by atoms with Crippen LogP contribution >= 0.6 is 0 Å². The van der Waals surface area contributed by atoms with E-state index >= 15 is 0 Å². The predicted octanol–water partition coefficient (Wildman–Crippen LogP) is 7.82.